The van der Waals surface area contributed by atoms with Crippen LogP contribution in [-0.4, -0.2) is 36.5 Å². The van der Waals surface area contributed by atoms with Crippen molar-refractivity contribution in [2.45, 2.75) is 12.6 Å². The van der Waals surface area contributed by atoms with Crippen LogP contribution in [0.1, 0.15) is 23.3 Å². The Labute approximate surface area is 117 Å². The fraction of sp³-hybridized carbons (Fsp3) is 0.385. The van der Waals surface area contributed by atoms with E-state index in [-0.39, 0.29) is 0 Å². The molecule has 20 heavy (non-hydrogen) atoms. The number of H-pyrrole nitrogens is 1. The van der Waals surface area contributed by atoms with Gasteiger partial charge in [0.05, 0.1) is 20.3 Å². The van der Waals surface area contributed by atoms with Gasteiger partial charge >= 0.3 is 0 Å². The first-order valence-corrected chi connectivity index (χ1v) is 6.07. The molecule has 0 radical (unpaired) electrons. The van der Waals surface area contributed by atoms with Gasteiger partial charge in [0.2, 0.25) is 0 Å². The molecule has 1 aromatic heterocycles. The van der Waals surface area contributed by atoms with Crippen molar-refractivity contribution in [3.63, 3.8) is 0 Å². The van der Waals surface area contributed by atoms with E-state index in [9.17, 15) is 0 Å². The molecule has 7 nitrogen and oxygen atoms in total. The first-order chi connectivity index (χ1) is 9.69. The van der Waals surface area contributed by atoms with E-state index in [0.29, 0.717) is 29.8 Å². The molecular formula is C13H18N4O3. The summed E-state index contributed by atoms with van der Waals surface area (Å²) in [6, 6.07) is 5.03. The predicted molar refractivity (Wildman–Crippen MR) is 72.7 cm³/mol. The Kier molecular flexibility index (Phi) is 4.54. The smallest absolute Gasteiger partial charge is 0.171 e. The highest BCUT2D eigenvalue weighted by Crippen LogP contribution is 2.30. The summed E-state index contributed by atoms with van der Waals surface area (Å²) in [5.74, 6) is 2.41. The van der Waals surface area contributed by atoms with E-state index in [1.54, 1.807) is 27.4 Å². The Morgan fingerprint density at radius 3 is 2.60 bits per heavy atom. The van der Waals surface area contributed by atoms with E-state index in [1.807, 2.05) is 12.1 Å². The molecule has 2 rings (SSSR count). The van der Waals surface area contributed by atoms with Gasteiger partial charge in [-0.15, -0.1) is 0 Å². The van der Waals surface area contributed by atoms with Gasteiger partial charge in [0, 0.05) is 7.11 Å². The third-order valence-electron chi connectivity index (χ3n) is 2.87. The van der Waals surface area contributed by atoms with Crippen molar-refractivity contribution in [1.82, 2.24) is 15.2 Å². The fourth-order valence-electron chi connectivity index (χ4n) is 1.85. The van der Waals surface area contributed by atoms with Crippen LogP contribution in [0.15, 0.2) is 18.2 Å². The number of benzene rings is 1. The Morgan fingerprint density at radius 2 is 1.95 bits per heavy atom. The van der Waals surface area contributed by atoms with Gasteiger partial charge in [0.1, 0.15) is 6.61 Å². The summed E-state index contributed by atoms with van der Waals surface area (Å²) < 4.78 is 15.4. The van der Waals surface area contributed by atoms with Crippen molar-refractivity contribution >= 4 is 0 Å². The molecule has 0 spiro atoms. The quantitative estimate of drug-likeness (QED) is 0.819. The normalized spacial score (nSPS) is 12.2. The molecule has 0 saturated heterocycles. The van der Waals surface area contributed by atoms with Crippen LogP contribution in [0.3, 0.4) is 0 Å². The molecule has 0 aliphatic heterocycles. The molecule has 0 fully saturated rings. The monoisotopic (exact) mass is 278 g/mol. The van der Waals surface area contributed by atoms with E-state index in [1.165, 1.54) is 0 Å². The van der Waals surface area contributed by atoms with E-state index in [4.69, 9.17) is 19.9 Å². The summed E-state index contributed by atoms with van der Waals surface area (Å²) in [5.41, 5.74) is 7.00. The molecule has 3 N–H and O–H groups in total. The zero-order valence-electron chi connectivity index (χ0n) is 11.7. The highest BCUT2D eigenvalue weighted by molar-refractivity contribution is 5.44. The number of ether oxygens (including phenoxy) is 3. The lowest BCUT2D eigenvalue weighted by Crippen LogP contribution is -2.14. The van der Waals surface area contributed by atoms with E-state index in [2.05, 4.69) is 15.2 Å². The Bertz CT molecular complexity index is 570. The maximum atomic E-state index is 6.16. The zero-order chi connectivity index (χ0) is 14.5. The molecule has 7 heteroatoms. The molecule has 1 heterocycles. The van der Waals surface area contributed by atoms with Gasteiger partial charge in [-0.1, -0.05) is 6.07 Å². The molecule has 108 valence electrons. The van der Waals surface area contributed by atoms with Crippen LogP contribution < -0.4 is 15.2 Å². The molecule has 1 aromatic carbocycles. The van der Waals surface area contributed by atoms with E-state index in [0.717, 1.165) is 5.56 Å². The lowest BCUT2D eigenvalue weighted by molar-refractivity contribution is 0.178. The second-order valence-electron chi connectivity index (χ2n) is 4.17. The number of hydrogen-bond acceptors (Lipinski definition) is 6. The van der Waals surface area contributed by atoms with Crippen LogP contribution in [0.2, 0.25) is 0 Å². The van der Waals surface area contributed by atoms with Crippen molar-refractivity contribution in [3.8, 4) is 11.5 Å². The Morgan fingerprint density at radius 1 is 1.20 bits per heavy atom. The minimum Gasteiger partial charge on any atom is -0.493 e. The van der Waals surface area contributed by atoms with Crippen molar-refractivity contribution < 1.29 is 14.2 Å². The van der Waals surface area contributed by atoms with Crippen LogP contribution in [0.5, 0.6) is 11.5 Å². The molecule has 0 saturated carbocycles. The zero-order valence-corrected chi connectivity index (χ0v) is 11.7. The highest BCUT2D eigenvalue weighted by Gasteiger charge is 2.16. The molecular weight excluding hydrogens is 260 g/mol. The molecule has 0 amide bonds. The molecule has 1 unspecified atom stereocenters. The number of nitrogens with one attached hydrogen (secondary N) is 1. The summed E-state index contributed by atoms with van der Waals surface area (Å²) in [6.07, 6.45) is 0. The number of hydrogen-bond donors (Lipinski definition) is 2. The maximum Gasteiger partial charge on any atom is 0.171 e. The number of nitrogens with zero attached hydrogens (tertiary/aromatic N) is 2. The van der Waals surface area contributed by atoms with Crippen LogP contribution in [0, 0.1) is 0 Å². The first-order valence-electron chi connectivity index (χ1n) is 6.07. The maximum absolute atomic E-state index is 6.16. The lowest BCUT2D eigenvalue weighted by Gasteiger charge is -2.12. The van der Waals surface area contributed by atoms with Gasteiger partial charge in [-0.2, -0.15) is 5.10 Å². The van der Waals surface area contributed by atoms with Gasteiger partial charge < -0.3 is 19.9 Å². The third-order valence-corrected chi connectivity index (χ3v) is 2.87. The summed E-state index contributed by atoms with van der Waals surface area (Å²) >= 11 is 0. The molecule has 0 aliphatic carbocycles. The average Bonchev–Trinajstić information content (AvgIpc) is 2.94. The second kappa shape index (κ2) is 6.36. The minimum atomic E-state index is -0.448. The Balaban J connectivity index is 2.25. The van der Waals surface area contributed by atoms with Crippen molar-refractivity contribution in [1.29, 1.82) is 0 Å². The standard InChI is InChI=1S/C13H18N4O3/c1-18-7-11-15-13(17-16-11)12(14)8-4-5-9(19-2)10(6-8)20-3/h4-6,12H,7,14H2,1-3H3,(H,15,16,17). The highest BCUT2D eigenvalue weighted by atomic mass is 16.5. The molecule has 0 bridgehead atoms. The summed E-state index contributed by atoms with van der Waals surface area (Å²) in [4.78, 5) is 4.29. The summed E-state index contributed by atoms with van der Waals surface area (Å²) in [6.45, 7) is 0.367. The van der Waals surface area contributed by atoms with E-state index < -0.39 is 6.04 Å². The topological polar surface area (TPSA) is 95.3 Å². The first kappa shape index (κ1) is 14.3. The molecule has 0 aliphatic rings. The number of aromatic nitrogens is 3. The fourth-order valence-corrected chi connectivity index (χ4v) is 1.85. The van der Waals surface area contributed by atoms with Gasteiger partial charge in [0.25, 0.3) is 0 Å². The van der Waals surface area contributed by atoms with Crippen molar-refractivity contribution in [2.75, 3.05) is 21.3 Å². The predicted octanol–water partition coefficient (Wildman–Crippen LogP) is 1.02. The average molecular weight is 278 g/mol. The number of methoxy groups -OCH3 is 3. The Hall–Kier alpha value is -2.12. The number of aromatic amines is 1. The summed E-state index contributed by atoms with van der Waals surface area (Å²) in [5, 5.41) is 6.88. The largest absolute Gasteiger partial charge is 0.493 e. The van der Waals surface area contributed by atoms with Crippen LogP contribution in [0.4, 0.5) is 0 Å². The van der Waals surface area contributed by atoms with Gasteiger partial charge in [-0.3, -0.25) is 5.10 Å². The minimum absolute atomic E-state index is 0.367. The van der Waals surface area contributed by atoms with Crippen LogP contribution in [0.25, 0.3) is 0 Å². The van der Waals surface area contributed by atoms with Crippen molar-refractivity contribution in [3.05, 3.63) is 35.4 Å². The SMILES string of the molecule is COCc1nc(C(N)c2ccc(OC)c(OC)c2)n[nH]1. The molecule has 1 atom stereocenters. The van der Waals surface area contributed by atoms with Crippen LogP contribution in [-0.2, 0) is 11.3 Å². The number of rotatable bonds is 6. The summed E-state index contributed by atoms with van der Waals surface area (Å²) in [7, 11) is 4.76. The number of nitrogens with two attached hydrogens (primary N) is 1. The lowest BCUT2D eigenvalue weighted by atomic mass is 10.1. The van der Waals surface area contributed by atoms with Gasteiger partial charge in [-0.05, 0) is 17.7 Å². The van der Waals surface area contributed by atoms with E-state index >= 15 is 0 Å². The van der Waals surface area contributed by atoms with Gasteiger partial charge in [0.15, 0.2) is 23.1 Å². The van der Waals surface area contributed by atoms with Gasteiger partial charge in [-0.25, -0.2) is 4.98 Å². The van der Waals surface area contributed by atoms with Crippen LogP contribution >= 0.6 is 0 Å². The second-order valence-corrected chi connectivity index (χ2v) is 4.17. The third kappa shape index (κ3) is 2.89. The van der Waals surface area contributed by atoms with Crippen molar-refractivity contribution in [2.24, 2.45) is 5.73 Å². The molecule has 2 aromatic rings.